The van der Waals surface area contributed by atoms with E-state index in [0.29, 0.717) is 5.56 Å². The van der Waals surface area contributed by atoms with Crippen molar-refractivity contribution in [3.8, 4) is 0 Å². The molecule has 0 bridgehead atoms. The normalized spacial score (nSPS) is 12.8. The van der Waals surface area contributed by atoms with Gasteiger partial charge in [-0.3, -0.25) is 0 Å². The van der Waals surface area contributed by atoms with E-state index in [1.54, 1.807) is 13.0 Å². The fraction of sp³-hybridized carbons (Fsp3) is 0.538. The lowest BCUT2D eigenvalue weighted by Gasteiger charge is -2.12. The van der Waals surface area contributed by atoms with E-state index < -0.39 is 0 Å². The maximum absolute atomic E-state index is 13.0. The van der Waals surface area contributed by atoms with Crippen LogP contribution in [0.25, 0.3) is 0 Å². The topological polar surface area (TPSA) is 26.0 Å². The molecule has 15 heavy (non-hydrogen) atoms. The second kappa shape index (κ2) is 5.86. The van der Waals surface area contributed by atoms with Gasteiger partial charge in [-0.25, -0.2) is 4.39 Å². The highest BCUT2D eigenvalue weighted by Gasteiger charge is 2.07. The third-order valence-electron chi connectivity index (χ3n) is 2.73. The molecule has 0 spiro atoms. The minimum atomic E-state index is -0.153. The molecule has 0 heterocycles. The van der Waals surface area contributed by atoms with Crippen molar-refractivity contribution in [3.63, 3.8) is 0 Å². The van der Waals surface area contributed by atoms with Gasteiger partial charge in [-0.05, 0) is 30.5 Å². The van der Waals surface area contributed by atoms with E-state index in [0.717, 1.165) is 18.4 Å². The second-order valence-electron chi connectivity index (χ2n) is 4.11. The molecule has 1 aromatic rings. The van der Waals surface area contributed by atoms with E-state index in [-0.39, 0.29) is 11.9 Å². The van der Waals surface area contributed by atoms with E-state index in [9.17, 15) is 4.39 Å². The summed E-state index contributed by atoms with van der Waals surface area (Å²) in [6.07, 6.45) is 4.55. The summed E-state index contributed by atoms with van der Waals surface area (Å²) in [4.78, 5) is 0. The predicted octanol–water partition coefficient (Wildman–Crippen LogP) is 3.71. The summed E-state index contributed by atoms with van der Waals surface area (Å²) in [7, 11) is 0. The molecule has 1 atom stereocenters. The van der Waals surface area contributed by atoms with Crippen LogP contribution in [-0.2, 0) is 0 Å². The standard InChI is InChI=1S/C13H20FN/c1-3-4-5-6-13(15)11-7-8-12(14)10(2)9-11/h7-9,13H,3-6,15H2,1-2H3/t13-/m0/s1. The summed E-state index contributed by atoms with van der Waals surface area (Å²) >= 11 is 0. The van der Waals surface area contributed by atoms with Gasteiger partial charge in [-0.1, -0.05) is 38.3 Å². The van der Waals surface area contributed by atoms with Gasteiger partial charge in [0.05, 0.1) is 0 Å². The Balaban J connectivity index is 2.57. The van der Waals surface area contributed by atoms with Gasteiger partial charge in [-0.2, -0.15) is 0 Å². The van der Waals surface area contributed by atoms with E-state index >= 15 is 0 Å². The fourth-order valence-electron chi connectivity index (χ4n) is 1.68. The quantitative estimate of drug-likeness (QED) is 0.735. The Morgan fingerprint density at radius 3 is 2.67 bits per heavy atom. The molecule has 0 saturated heterocycles. The van der Waals surface area contributed by atoms with Gasteiger partial charge < -0.3 is 5.73 Å². The Morgan fingerprint density at radius 1 is 1.33 bits per heavy atom. The Bertz CT molecular complexity index is 309. The lowest BCUT2D eigenvalue weighted by Crippen LogP contribution is -2.10. The number of benzene rings is 1. The third kappa shape index (κ3) is 3.63. The lowest BCUT2D eigenvalue weighted by molar-refractivity contribution is 0.576. The van der Waals surface area contributed by atoms with Crippen LogP contribution in [0.4, 0.5) is 4.39 Å². The molecule has 2 N–H and O–H groups in total. The molecular formula is C13H20FN. The number of hydrogen-bond acceptors (Lipinski definition) is 1. The Morgan fingerprint density at radius 2 is 2.07 bits per heavy atom. The number of hydrogen-bond donors (Lipinski definition) is 1. The van der Waals surface area contributed by atoms with Gasteiger partial charge in [-0.15, -0.1) is 0 Å². The molecule has 1 rings (SSSR count). The molecule has 0 aromatic heterocycles. The predicted molar refractivity (Wildman–Crippen MR) is 62.2 cm³/mol. The van der Waals surface area contributed by atoms with Crippen molar-refractivity contribution >= 4 is 0 Å². The number of unbranched alkanes of at least 4 members (excludes halogenated alkanes) is 2. The van der Waals surface area contributed by atoms with Gasteiger partial charge >= 0.3 is 0 Å². The van der Waals surface area contributed by atoms with Crippen molar-refractivity contribution in [1.82, 2.24) is 0 Å². The lowest BCUT2D eigenvalue weighted by atomic mass is 10.00. The zero-order chi connectivity index (χ0) is 11.3. The van der Waals surface area contributed by atoms with Gasteiger partial charge in [0.15, 0.2) is 0 Å². The molecule has 1 aromatic carbocycles. The molecule has 0 amide bonds. The SMILES string of the molecule is CCCCC[C@H](N)c1ccc(F)c(C)c1. The number of aryl methyl sites for hydroxylation is 1. The first-order valence-corrected chi connectivity index (χ1v) is 5.66. The van der Waals surface area contributed by atoms with E-state index in [4.69, 9.17) is 5.73 Å². The Labute approximate surface area is 91.5 Å². The van der Waals surface area contributed by atoms with Crippen molar-refractivity contribution in [2.45, 2.75) is 45.6 Å². The van der Waals surface area contributed by atoms with Gasteiger partial charge in [0.2, 0.25) is 0 Å². The number of nitrogens with two attached hydrogens (primary N) is 1. The molecule has 0 aliphatic heterocycles. The van der Waals surface area contributed by atoms with E-state index in [1.165, 1.54) is 18.9 Å². The average molecular weight is 209 g/mol. The van der Waals surface area contributed by atoms with Gasteiger partial charge in [0.1, 0.15) is 5.82 Å². The van der Waals surface area contributed by atoms with Crippen LogP contribution < -0.4 is 5.73 Å². The number of halogens is 1. The van der Waals surface area contributed by atoms with Crippen LogP contribution in [-0.4, -0.2) is 0 Å². The molecule has 0 unspecified atom stereocenters. The minimum absolute atomic E-state index is 0.0517. The molecule has 1 nitrogen and oxygen atoms in total. The first kappa shape index (κ1) is 12.2. The van der Waals surface area contributed by atoms with Crippen LogP contribution in [0.2, 0.25) is 0 Å². The fourth-order valence-corrected chi connectivity index (χ4v) is 1.68. The average Bonchev–Trinajstić information content (AvgIpc) is 2.22. The second-order valence-corrected chi connectivity index (χ2v) is 4.11. The molecule has 0 aliphatic carbocycles. The van der Waals surface area contributed by atoms with Crippen LogP contribution in [0.3, 0.4) is 0 Å². The summed E-state index contributed by atoms with van der Waals surface area (Å²) in [6.45, 7) is 3.95. The van der Waals surface area contributed by atoms with Crippen LogP contribution in [0, 0.1) is 12.7 Å². The van der Waals surface area contributed by atoms with Crippen LogP contribution in [0.1, 0.15) is 49.8 Å². The Hall–Kier alpha value is -0.890. The van der Waals surface area contributed by atoms with Crippen molar-refractivity contribution in [3.05, 3.63) is 35.1 Å². The molecule has 0 aliphatic rings. The summed E-state index contributed by atoms with van der Waals surface area (Å²) < 4.78 is 13.0. The number of rotatable bonds is 5. The molecule has 2 heteroatoms. The highest BCUT2D eigenvalue weighted by atomic mass is 19.1. The minimum Gasteiger partial charge on any atom is -0.324 e. The van der Waals surface area contributed by atoms with Crippen LogP contribution >= 0.6 is 0 Å². The van der Waals surface area contributed by atoms with Crippen molar-refractivity contribution in [2.75, 3.05) is 0 Å². The first-order valence-electron chi connectivity index (χ1n) is 5.66. The van der Waals surface area contributed by atoms with Gasteiger partial charge in [0, 0.05) is 6.04 Å². The smallest absolute Gasteiger partial charge is 0.126 e. The maximum atomic E-state index is 13.0. The van der Waals surface area contributed by atoms with Crippen LogP contribution in [0.15, 0.2) is 18.2 Å². The van der Waals surface area contributed by atoms with Crippen molar-refractivity contribution in [1.29, 1.82) is 0 Å². The van der Waals surface area contributed by atoms with E-state index in [1.807, 2.05) is 6.07 Å². The zero-order valence-corrected chi connectivity index (χ0v) is 9.59. The maximum Gasteiger partial charge on any atom is 0.126 e. The largest absolute Gasteiger partial charge is 0.324 e. The van der Waals surface area contributed by atoms with Gasteiger partial charge in [0.25, 0.3) is 0 Å². The van der Waals surface area contributed by atoms with E-state index in [2.05, 4.69) is 6.92 Å². The van der Waals surface area contributed by atoms with Crippen LogP contribution in [0.5, 0.6) is 0 Å². The zero-order valence-electron chi connectivity index (χ0n) is 9.59. The molecular weight excluding hydrogens is 189 g/mol. The third-order valence-corrected chi connectivity index (χ3v) is 2.73. The summed E-state index contributed by atoms with van der Waals surface area (Å²) in [5.74, 6) is -0.153. The molecule has 0 radical (unpaired) electrons. The highest BCUT2D eigenvalue weighted by Crippen LogP contribution is 2.19. The Kier molecular flexibility index (Phi) is 4.76. The highest BCUT2D eigenvalue weighted by molar-refractivity contribution is 5.26. The van der Waals surface area contributed by atoms with Crippen molar-refractivity contribution in [2.24, 2.45) is 5.73 Å². The summed E-state index contributed by atoms with van der Waals surface area (Å²) in [6, 6.07) is 5.20. The summed E-state index contributed by atoms with van der Waals surface area (Å²) in [5.41, 5.74) is 7.76. The van der Waals surface area contributed by atoms with Crippen molar-refractivity contribution < 1.29 is 4.39 Å². The molecule has 0 fully saturated rings. The first-order chi connectivity index (χ1) is 7.15. The monoisotopic (exact) mass is 209 g/mol. The summed E-state index contributed by atoms with van der Waals surface area (Å²) in [5, 5.41) is 0. The molecule has 0 saturated carbocycles. The molecule has 84 valence electrons.